The van der Waals surface area contributed by atoms with Crippen LogP contribution in [0.15, 0.2) is 66.7 Å². The third-order valence-corrected chi connectivity index (χ3v) is 4.11. The van der Waals surface area contributed by atoms with E-state index in [2.05, 4.69) is 38.1 Å². The second kappa shape index (κ2) is 8.34. The maximum Gasteiger partial charge on any atom is 0.132 e. The molecule has 3 nitrogen and oxygen atoms in total. The minimum Gasteiger partial charge on any atom is -0.489 e. The summed E-state index contributed by atoms with van der Waals surface area (Å²) in [6.07, 6.45) is 1.30. The summed E-state index contributed by atoms with van der Waals surface area (Å²) in [7, 11) is 0. The van der Waals surface area contributed by atoms with Crippen molar-refractivity contribution in [2.24, 2.45) is 0 Å². The second-order valence-corrected chi connectivity index (χ2v) is 6.40. The van der Waals surface area contributed by atoms with Crippen molar-refractivity contribution in [1.29, 1.82) is 5.41 Å². The molecule has 0 fully saturated rings. The quantitative estimate of drug-likeness (QED) is 0.578. The lowest BCUT2D eigenvalue weighted by Crippen LogP contribution is -2.00. The molecule has 0 radical (unpaired) electrons. The zero-order valence-corrected chi connectivity index (χ0v) is 15.2. The van der Waals surface area contributed by atoms with Crippen LogP contribution in [0.3, 0.4) is 0 Å². The zero-order valence-electron chi connectivity index (χ0n) is 15.2. The molecule has 3 aromatic carbocycles. The summed E-state index contributed by atoms with van der Waals surface area (Å²) in [4.78, 5) is 0. The maximum absolute atomic E-state index is 7.59. The predicted octanol–water partition coefficient (Wildman–Crippen LogP) is 5.46. The van der Waals surface area contributed by atoms with Crippen LogP contribution >= 0.6 is 0 Å². The average molecular weight is 345 g/mol. The van der Waals surface area contributed by atoms with Crippen LogP contribution in [0.25, 0.3) is 0 Å². The Morgan fingerprint density at radius 1 is 0.769 bits per heavy atom. The standard InChI is InChI=1S/C23H23NO2/c1-17-5-3-7-19(11-17)15-25-22-10-9-21(14-24)23(13-22)26-16-20-8-4-6-18(2)12-20/h3-14,24H,15-16H2,1-2H3. The maximum atomic E-state index is 7.59. The summed E-state index contributed by atoms with van der Waals surface area (Å²) in [6.45, 7) is 5.10. The van der Waals surface area contributed by atoms with Gasteiger partial charge in [0.1, 0.15) is 24.7 Å². The summed E-state index contributed by atoms with van der Waals surface area (Å²) in [5, 5.41) is 7.59. The van der Waals surface area contributed by atoms with Gasteiger partial charge in [-0.05, 0) is 37.1 Å². The molecule has 3 rings (SSSR count). The lowest BCUT2D eigenvalue weighted by molar-refractivity contribution is 0.289. The van der Waals surface area contributed by atoms with E-state index in [1.807, 2.05) is 42.5 Å². The number of nitrogens with one attached hydrogen (secondary N) is 1. The van der Waals surface area contributed by atoms with Gasteiger partial charge in [-0.15, -0.1) is 0 Å². The van der Waals surface area contributed by atoms with E-state index in [9.17, 15) is 0 Å². The fraction of sp³-hybridized carbons (Fsp3) is 0.174. The van der Waals surface area contributed by atoms with E-state index in [1.54, 1.807) is 0 Å². The average Bonchev–Trinajstić information content (AvgIpc) is 2.65. The largest absolute Gasteiger partial charge is 0.489 e. The molecule has 0 atom stereocenters. The third-order valence-electron chi connectivity index (χ3n) is 4.11. The highest BCUT2D eigenvalue weighted by Gasteiger charge is 2.06. The highest BCUT2D eigenvalue weighted by molar-refractivity contribution is 5.81. The molecule has 0 bridgehead atoms. The van der Waals surface area contributed by atoms with Crippen molar-refractivity contribution in [3.05, 3.63) is 94.5 Å². The van der Waals surface area contributed by atoms with Gasteiger partial charge in [0, 0.05) is 17.8 Å². The van der Waals surface area contributed by atoms with Crippen LogP contribution < -0.4 is 9.47 Å². The van der Waals surface area contributed by atoms with E-state index in [1.165, 1.54) is 17.3 Å². The number of hydrogen-bond donors (Lipinski definition) is 1. The van der Waals surface area contributed by atoms with Crippen molar-refractivity contribution in [2.45, 2.75) is 27.1 Å². The number of hydrogen-bond acceptors (Lipinski definition) is 3. The summed E-state index contributed by atoms with van der Waals surface area (Å²) in [5.41, 5.74) is 5.39. The minimum atomic E-state index is 0.462. The Labute approximate surface area is 154 Å². The van der Waals surface area contributed by atoms with Gasteiger partial charge in [0.25, 0.3) is 0 Å². The second-order valence-electron chi connectivity index (χ2n) is 6.40. The van der Waals surface area contributed by atoms with Crippen LogP contribution in [0.1, 0.15) is 27.8 Å². The van der Waals surface area contributed by atoms with Crippen LogP contribution in [0.4, 0.5) is 0 Å². The Kier molecular flexibility index (Phi) is 5.69. The molecule has 3 aromatic rings. The number of aryl methyl sites for hydroxylation is 2. The molecule has 3 heteroatoms. The van der Waals surface area contributed by atoms with Crippen molar-refractivity contribution in [1.82, 2.24) is 0 Å². The van der Waals surface area contributed by atoms with E-state index in [0.29, 0.717) is 19.0 Å². The van der Waals surface area contributed by atoms with Crippen molar-refractivity contribution >= 4 is 6.21 Å². The van der Waals surface area contributed by atoms with Gasteiger partial charge in [-0.1, -0.05) is 59.7 Å². The van der Waals surface area contributed by atoms with E-state index in [-0.39, 0.29) is 0 Å². The monoisotopic (exact) mass is 345 g/mol. The SMILES string of the molecule is Cc1cccc(COc2ccc(C=N)c(OCc3cccc(C)c3)c2)c1. The first kappa shape index (κ1) is 17.7. The molecule has 0 saturated carbocycles. The molecule has 0 aromatic heterocycles. The molecule has 0 unspecified atom stereocenters. The molecule has 0 amide bonds. The fourth-order valence-electron chi connectivity index (χ4n) is 2.78. The highest BCUT2D eigenvalue weighted by Crippen LogP contribution is 2.25. The summed E-state index contributed by atoms with van der Waals surface area (Å²) in [5.74, 6) is 1.39. The van der Waals surface area contributed by atoms with Gasteiger partial charge in [-0.3, -0.25) is 0 Å². The van der Waals surface area contributed by atoms with Crippen LogP contribution in [-0.4, -0.2) is 6.21 Å². The molecule has 132 valence electrons. The predicted molar refractivity (Wildman–Crippen MR) is 105 cm³/mol. The molecule has 0 aliphatic heterocycles. The van der Waals surface area contributed by atoms with E-state index in [4.69, 9.17) is 14.9 Å². The Morgan fingerprint density at radius 3 is 1.96 bits per heavy atom. The van der Waals surface area contributed by atoms with Crippen molar-refractivity contribution in [2.75, 3.05) is 0 Å². The smallest absolute Gasteiger partial charge is 0.132 e. The minimum absolute atomic E-state index is 0.462. The van der Waals surface area contributed by atoms with Crippen LogP contribution in [-0.2, 0) is 13.2 Å². The molecule has 0 saturated heterocycles. The van der Waals surface area contributed by atoms with Gasteiger partial charge in [0.15, 0.2) is 0 Å². The van der Waals surface area contributed by atoms with Crippen LogP contribution in [0.2, 0.25) is 0 Å². The molecule has 0 aliphatic carbocycles. The summed E-state index contributed by atoms with van der Waals surface area (Å²) >= 11 is 0. The van der Waals surface area contributed by atoms with Crippen molar-refractivity contribution in [3.8, 4) is 11.5 Å². The van der Waals surface area contributed by atoms with E-state index >= 15 is 0 Å². The molecule has 0 spiro atoms. The normalized spacial score (nSPS) is 10.4. The molecule has 0 heterocycles. The van der Waals surface area contributed by atoms with Gasteiger partial charge in [-0.25, -0.2) is 0 Å². The Hall–Kier alpha value is -3.07. The van der Waals surface area contributed by atoms with E-state index in [0.717, 1.165) is 22.4 Å². The topological polar surface area (TPSA) is 42.3 Å². The lowest BCUT2D eigenvalue weighted by atomic mass is 10.1. The number of rotatable bonds is 7. The first-order valence-corrected chi connectivity index (χ1v) is 8.65. The fourth-order valence-corrected chi connectivity index (χ4v) is 2.78. The first-order chi connectivity index (χ1) is 12.6. The Bertz CT molecular complexity index is 902. The number of ether oxygens (including phenoxy) is 2. The van der Waals surface area contributed by atoms with Gasteiger partial charge >= 0.3 is 0 Å². The van der Waals surface area contributed by atoms with Crippen molar-refractivity contribution in [3.63, 3.8) is 0 Å². The molecule has 0 aliphatic rings. The van der Waals surface area contributed by atoms with Gasteiger partial charge < -0.3 is 14.9 Å². The molecular formula is C23H23NO2. The molecular weight excluding hydrogens is 322 g/mol. The van der Waals surface area contributed by atoms with Crippen LogP contribution in [0.5, 0.6) is 11.5 Å². The summed E-state index contributed by atoms with van der Waals surface area (Å²) < 4.78 is 11.9. The summed E-state index contributed by atoms with van der Waals surface area (Å²) in [6, 6.07) is 22.1. The van der Waals surface area contributed by atoms with Gasteiger partial charge in [0.05, 0.1) is 0 Å². The zero-order chi connectivity index (χ0) is 18.4. The highest BCUT2D eigenvalue weighted by atomic mass is 16.5. The van der Waals surface area contributed by atoms with Gasteiger partial charge in [0.2, 0.25) is 0 Å². The van der Waals surface area contributed by atoms with Crippen LogP contribution in [0, 0.1) is 19.3 Å². The first-order valence-electron chi connectivity index (χ1n) is 8.65. The van der Waals surface area contributed by atoms with Gasteiger partial charge in [-0.2, -0.15) is 0 Å². The van der Waals surface area contributed by atoms with Crippen molar-refractivity contribution < 1.29 is 9.47 Å². The van der Waals surface area contributed by atoms with E-state index < -0.39 is 0 Å². The Morgan fingerprint density at radius 2 is 1.38 bits per heavy atom. The molecule has 1 N–H and O–H groups in total. The third kappa shape index (κ3) is 4.73. The lowest BCUT2D eigenvalue weighted by Gasteiger charge is -2.12. The Balaban J connectivity index is 1.70. The molecule has 26 heavy (non-hydrogen) atoms. The number of benzene rings is 3.